The van der Waals surface area contributed by atoms with Crippen molar-refractivity contribution in [3.63, 3.8) is 0 Å². The third kappa shape index (κ3) is 2.85. The summed E-state index contributed by atoms with van der Waals surface area (Å²) in [5.41, 5.74) is 3.88. The van der Waals surface area contributed by atoms with E-state index in [-0.39, 0.29) is 0 Å². The first-order chi connectivity index (χ1) is 9.86. The standard InChI is InChI=1S/C16H21N3O/c1-2-15(18-7-5-14-10-17-11-19-14)12-3-4-16-13(9-12)6-8-20-16/h3-4,9-11,15,18H,2,5-8H2,1H3,(H,17,19). The number of H-pyrrole nitrogens is 1. The predicted molar refractivity (Wildman–Crippen MR) is 79.0 cm³/mol. The summed E-state index contributed by atoms with van der Waals surface area (Å²) in [6, 6.07) is 6.99. The fourth-order valence-corrected chi connectivity index (χ4v) is 2.72. The lowest BCUT2D eigenvalue weighted by atomic mass is 10.0. The van der Waals surface area contributed by atoms with E-state index in [4.69, 9.17) is 4.74 Å². The van der Waals surface area contributed by atoms with Crippen molar-refractivity contribution in [3.8, 4) is 5.75 Å². The molecule has 1 aliphatic heterocycles. The van der Waals surface area contributed by atoms with Crippen LogP contribution in [0.25, 0.3) is 0 Å². The average Bonchev–Trinajstić information content (AvgIpc) is 3.13. The first-order valence-electron chi connectivity index (χ1n) is 7.33. The largest absolute Gasteiger partial charge is 0.493 e. The monoisotopic (exact) mass is 271 g/mol. The second kappa shape index (κ2) is 6.09. The molecule has 1 aromatic heterocycles. The Kier molecular flexibility index (Phi) is 4.02. The summed E-state index contributed by atoms with van der Waals surface area (Å²) in [5, 5.41) is 3.63. The van der Waals surface area contributed by atoms with E-state index in [1.807, 2.05) is 6.20 Å². The molecule has 1 aliphatic rings. The SMILES string of the molecule is CCC(NCCc1cnc[nH]1)c1ccc2c(c1)CCO2. The van der Waals surface area contributed by atoms with Crippen molar-refractivity contribution < 1.29 is 4.74 Å². The molecule has 1 unspecified atom stereocenters. The van der Waals surface area contributed by atoms with E-state index >= 15 is 0 Å². The molecule has 4 nitrogen and oxygen atoms in total. The predicted octanol–water partition coefficient (Wildman–Crippen LogP) is 2.63. The summed E-state index contributed by atoms with van der Waals surface area (Å²) in [5.74, 6) is 1.06. The van der Waals surface area contributed by atoms with E-state index < -0.39 is 0 Å². The van der Waals surface area contributed by atoms with Crippen LogP contribution >= 0.6 is 0 Å². The minimum absolute atomic E-state index is 0.406. The van der Waals surface area contributed by atoms with Crippen LogP contribution in [0.3, 0.4) is 0 Å². The Balaban J connectivity index is 1.61. The van der Waals surface area contributed by atoms with Crippen LogP contribution in [0.1, 0.15) is 36.2 Å². The first-order valence-corrected chi connectivity index (χ1v) is 7.33. The van der Waals surface area contributed by atoms with Gasteiger partial charge in [0.25, 0.3) is 0 Å². The summed E-state index contributed by atoms with van der Waals surface area (Å²) >= 11 is 0. The van der Waals surface area contributed by atoms with Gasteiger partial charge in [-0.05, 0) is 23.6 Å². The number of aromatic amines is 1. The van der Waals surface area contributed by atoms with Crippen molar-refractivity contribution in [2.45, 2.75) is 32.2 Å². The number of ether oxygens (including phenoxy) is 1. The Bertz CT molecular complexity index is 551. The quantitative estimate of drug-likeness (QED) is 0.849. The van der Waals surface area contributed by atoms with Gasteiger partial charge in [0.1, 0.15) is 5.75 Å². The summed E-state index contributed by atoms with van der Waals surface area (Å²) in [7, 11) is 0. The Morgan fingerprint density at radius 3 is 3.20 bits per heavy atom. The van der Waals surface area contributed by atoms with Gasteiger partial charge in [-0.3, -0.25) is 0 Å². The fourth-order valence-electron chi connectivity index (χ4n) is 2.72. The van der Waals surface area contributed by atoms with E-state index in [2.05, 4.69) is 40.4 Å². The minimum atomic E-state index is 0.406. The summed E-state index contributed by atoms with van der Waals surface area (Å²) in [4.78, 5) is 7.18. The molecule has 0 aliphatic carbocycles. The van der Waals surface area contributed by atoms with Crippen LogP contribution in [0.5, 0.6) is 5.75 Å². The number of nitrogens with one attached hydrogen (secondary N) is 2. The van der Waals surface area contributed by atoms with Gasteiger partial charge in [-0.15, -0.1) is 0 Å². The number of imidazole rings is 1. The number of hydrogen-bond donors (Lipinski definition) is 2. The zero-order valence-electron chi connectivity index (χ0n) is 11.9. The van der Waals surface area contributed by atoms with Crippen LogP contribution in [-0.4, -0.2) is 23.1 Å². The van der Waals surface area contributed by atoms with E-state index in [0.29, 0.717) is 6.04 Å². The highest BCUT2D eigenvalue weighted by atomic mass is 16.5. The number of rotatable bonds is 6. The van der Waals surface area contributed by atoms with E-state index in [9.17, 15) is 0 Å². The van der Waals surface area contributed by atoms with Crippen molar-refractivity contribution >= 4 is 0 Å². The fraction of sp³-hybridized carbons (Fsp3) is 0.438. The van der Waals surface area contributed by atoms with Gasteiger partial charge in [-0.25, -0.2) is 4.98 Å². The zero-order valence-corrected chi connectivity index (χ0v) is 11.9. The normalized spacial score (nSPS) is 14.8. The highest BCUT2D eigenvalue weighted by Crippen LogP contribution is 2.29. The van der Waals surface area contributed by atoms with Gasteiger partial charge in [-0.1, -0.05) is 19.1 Å². The molecule has 3 rings (SSSR count). The van der Waals surface area contributed by atoms with Gasteiger partial charge < -0.3 is 15.0 Å². The Hall–Kier alpha value is -1.81. The molecule has 0 fully saturated rings. The molecule has 1 atom stereocenters. The average molecular weight is 271 g/mol. The van der Waals surface area contributed by atoms with Gasteiger partial charge in [0.2, 0.25) is 0 Å². The van der Waals surface area contributed by atoms with Crippen molar-refractivity contribution in [1.29, 1.82) is 0 Å². The summed E-state index contributed by atoms with van der Waals surface area (Å²) in [6.45, 7) is 3.99. The maximum atomic E-state index is 5.57. The highest BCUT2D eigenvalue weighted by Gasteiger charge is 2.15. The van der Waals surface area contributed by atoms with Crippen LogP contribution in [0.2, 0.25) is 0 Å². The lowest BCUT2D eigenvalue weighted by Crippen LogP contribution is -2.23. The molecule has 0 saturated carbocycles. The second-order valence-corrected chi connectivity index (χ2v) is 5.21. The maximum Gasteiger partial charge on any atom is 0.122 e. The van der Waals surface area contributed by atoms with Gasteiger partial charge in [0.05, 0.1) is 12.9 Å². The van der Waals surface area contributed by atoms with E-state index in [0.717, 1.165) is 38.2 Å². The summed E-state index contributed by atoms with van der Waals surface area (Å²) < 4.78 is 5.57. The lowest BCUT2D eigenvalue weighted by Gasteiger charge is -2.18. The molecule has 4 heteroatoms. The number of hydrogen-bond acceptors (Lipinski definition) is 3. The Labute approximate surface area is 119 Å². The number of fused-ring (bicyclic) bond motifs is 1. The minimum Gasteiger partial charge on any atom is -0.493 e. The molecule has 0 saturated heterocycles. The van der Waals surface area contributed by atoms with Gasteiger partial charge in [-0.2, -0.15) is 0 Å². The second-order valence-electron chi connectivity index (χ2n) is 5.21. The maximum absolute atomic E-state index is 5.57. The lowest BCUT2D eigenvalue weighted by molar-refractivity contribution is 0.356. The third-order valence-electron chi connectivity index (χ3n) is 3.86. The van der Waals surface area contributed by atoms with Crippen LogP contribution in [0.15, 0.2) is 30.7 Å². The molecule has 1 aromatic carbocycles. The Morgan fingerprint density at radius 1 is 1.45 bits per heavy atom. The first kappa shape index (κ1) is 13.2. The molecule has 2 aromatic rings. The van der Waals surface area contributed by atoms with E-state index in [1.165, 1.54) is 16.8 Å². The van der Waals surface area contributed by atoms with Gasteiger partial charge >= 0.3 is 0 Å². The van der Waals surface area contributed by atoms with Crippen LogP contribution in [0.4, 0.5) is 0 Å². The van der Waals surface area contributed by atoms with Crippen LogP contribution < -0.4 is 10.1 Å². The third-order valence-corrected chi connectivity index (χ3v) is 3.86. The van der Waals surface area contributed by atoms with Gasteiger partial charge in [0.15, 0.2) is 0 Å². The molecule has 2 N–H and O–H groups in total. The Morgan fingerprint density at radius 2 is 2.40 bits per heavy atom. The number of aromatic nitrogens is 2. The van der Waals surface area contributed by atoms with Crippen LogP contribution in [-0.2, 0) is 12.8 Å². The molecule has 106 valence electrons. The van der Waals surface area contributed by atoms with Gasteiger partial charge in [0, 0.05) is 37.3 Å². The van der Waals surface area contributed by atoms with Crippen molar-refractivity contribution in [3.05, 3.63) is 47.5 Å². The van der Waals surface area contributed by atoms with Crippen molar-refractivity contribution in [2.75, 3.05) is 13.2 Å². The molecule has 0 bridgehead atoms. The highest BCUT2D eigenvalue weighted by molar-refractivity contribution is 5.40. The topological polar surface area (TPSA) is 49.9 Å². The molecule has 0 spiro atoms. The van der Waals surface area contributed by atoms with Crippen molar-refractivity contribution in [1.82, 2.24) is 15.3 Å². The molecule has 0 radical (unpaired) electrons. The smallest absolute Gasteiger partial charge is 0.122 e. The van der Waals surface area contributed by atoms with E-state index in [1.54, 1.807) is 6.33 Å². The van der Waals surface area contributed by atoms with Crippen LogP contribution in [0, 0.1) is 0 Å². The zero-order chi connectivity index (χ0) is 13.8. The molecule has 20 heavy (non-hydrogen) atoms. The molecule has 0 amide bonds. The molecule has 2 heterocycles. The summed E-state index contributed by atoms with van der Waals surface area (Å²) in [6.07, 6.45) is 6.71. The number of nitrogens with zero attached hydrogens (tertiary/aromatic N) is 1. The molecular formula is C16H21N3O. The number of benzene rings is 1. The molecular weight excluding hydrogens is 250 g/mol. The van der Waals surface area contributed by atoms with Crippen molar-refractivity contribution in [2.24, 2.45) is 0 Å².